The Morgan fingerprint density at radius 1 is 1.16 bits per heavy atom. The molecule has 10 heteroatoms. The van der Waals surface area contributed by atoms with E-state index in [-0.39, 0.29) is 23.4 Å². The van der Waals surface area contributed by atoms with Gasteiger partial charge in [-0.05, 0) is 43.4 Å². The molecule has 0 radical (unpaired) electrons. The molecule has 0 aliphatic heterocycles. The fourth-order valence-electron chi connectivity index (χ4n) is 4.87. The Morgan fingerprint density at radius 2 is 1.97 bits per heavy atom. The van der Waals surface area contributed by atoms with Crippen molar-refractivity contribution in [3.8, 4) is 11.8 Å². The molecule has 0 saturated heterocycles. The van der Waals surface area contributed by atoms with Crippen LogP contribution in [0.3, 0.4) is 0 Å². The average molecular weight is 438 g/mol. The summed E-state index contributed by atoms with van der Waals surface area (Å²) in [4.78, 5) is 20.4. The normalized spacial score (nSPS) is 24.7. The monoisotopic (exact) mass is 437 g/mol. The second-order valence-electron chi connectivity index (χ2n) is 8.37. The number of nitrogens with zero attached hydrogens (tertiary/aromatic N) is 5. The molecule has 4 atom stereocenters. The summed E-state index contributed by atoms with van der Waals surface area (Å²) in [7, 11) is 1.53. The van der Waals surface area contributed by atoms with Crippen LogP contribution in [0.2, 0.25) is 0 Å². The highest BCUT2D eigenvalue weighted by atomic mass is 16.5. The number of anilines is 2. The standard InChI is InChI=1S/C22H27N7O3/c1-24-22(31)21-18(8-19(28-29-21)27-20-11-25-14(9-23)10-26-20)32-12-13-6-7-17(30)16-5-3-2-4-15(13)16/h8,10-11,13,15-17,30H,2-7,12H2,1H3,(H,24,31)(H,26,27,28). The largest absolute Gasteiger partial charge is 0.491 e. The lowest BCUT2D eigenvalue weighted by Crippen LogP contribution is -2.42. The van der Waals surface area contributed by atoms with Gasteiger partial charge >= 0.3 is 0 Å². The molecular weight excluding hydrogens is 410 g/mol. The molecule has 3 N–H and O–H groups in total. The third-order valence-electron chi connectivity index (χ3n) is 6.48. The molecule has 0 spiro atoms. The number of carbonyl (C=O) groups excluding carboxylic acids is 1. The number of ether oxygens (including phenoxy) is 1. The molecule has 2 aliphatic rings. The molecule has 10 nitrogen and oxygen atoms in total. The van der Waals surface area contributed by atoms with Gasteiger partial charge in [0.15, 0.2) is 23.0 Å². The van der Waals surface area contributed by atoms with Gasteiger partial charge in [0.05, 0.1) is 25.1 Å². The lowest BCUT2D eigenvalue weighted by molar-refractivity contribution is -0.0316. The van der Waals surface area contributed by atoms with Gasteiger partial charge in [-0.2, -0.15) is 5.26 Å². The highest BCUT2D eigenvalue weighted by molar-refractivity contribution is 5.94. The van der Waals surface area contributed by atoms with Crippen molar-refractivity contribution in [3.63, 3.8) is 0 Å². The molecule has 4 unspecified atom stereocenters. The minimum atomic E-state index is -0.383. The van der Waals surface area contributed by atoms with Gasteiger partial charge in [-0.3, -0.25) is 4.79 Å². The van der Waals surface area contributed by atoms with Crippen LogP contribution >= 0.6 is 0 Å². The number of aromatic nitrogens is 4. The van der Waals surface area contributed by atoms with Crippen molar-refractivity contribution >= 4 is 17.5 Å². The predicted molar refractivity (Wildman–Crippen MR) is 115 cm³/mol. The number of nitrogens with one attached hydrogen (secondary N) is 2. The van der Waals surface area contributed by atoms with Gasteiger partial charge in [-0.1, -0.05) is 12.8 Å². The van der Waals surface area contributed by atoms with Crippen LogP contribution in [0.25, 0.3) is 0 Å². The Morgan fingerprint density at radius 3 is 2.69 bits per heavy atom. The highest BCUT2D eigenvalue weighted by Gasteiger charge is 2.40. The van der Waals surface area contributed by atoms with Crippen molar-refractivity contribution in [2.24, 2.45) is 17.8 Å². The SMILES string of the molecule is CNC(=O)c1nnc(Nc2cnc(C#N)cn2)cc1OCC1CCC(O)C2CCCCC12. The quantitative estimate of drug-likeness (QED) is 0.619. The molecule has 2 heterocycles. The zero-order valence-electron chi connectivity index (χ0n) is 18.0. The maximum absolute atomic E-state index is 12.3. The first-order valence-electron chi connectivity index (χ1n) is 11.0. The van der Waals surface area contributed by atoms with Crippen molar-refractivity contribution in [2.75, 3.05) is 19.0 Å². The molecule has 0 bridgehead atoms. The number of hydrogen-bond donors (Lipinski definition) is 3. The Labute approximate surface area is 186 Å². The lowest BCUT2D eigenvalue weighted by atomic mass is 9.64. The van der Waals surface area contributed by atoms with Crippen LogP contribution in [0.4, 0.5) is 11.6 Å². The molecule has 1 amide bonds. The predicted octanol–water partition coefficient (Wildman–Crippen LogP) is 2.20. The number of nitriles is 1. The summed E-state index contributed by atoms with van der Waals surface area (Å²) in [5.74, 6) is 1.80. The molecule has 2 aliphatic carbocycles. The van der Waals surface area contributed by atoms with Crippen molar-refractivity contribution in [2.45, 2.75) is 44.6 Å². The van der Waals surface area contributed by atoms with Crippen LogP contribution in [0.5, 0.6) is 5.75 Å². The summed E-state index contributed by atoms with van der Waals surface area (Å²) in [5, 5.41) is 32.9. The summed E-state index contributed by atoms with van der Waals surface area (Å²) in [6.07, 6.45) is 8.79. The third-order valence-corrected chi connectivity index (χ3v) is 6.48. The van der Waals surface area contributed by atoms with E-state index in [0.717, 1.165) is 25.7 Å². The molecule has 2 fully saturated rings. The minimum absolute atomic E-state index is 0.111. The summed E-state index contributed by atoms with van der Waals surface area (Å²) >= 11 is 0. The summed E-state index contributed by atoms with van der Waals surface area (Å²) in [6.45, 7) is 0.458. The van der Waals surface area contributed by atoms with Crippen molar-refractivity contribution in [1.82, 2.24) is 25.5 Å². The zero-order chi connectivity index (χ0) is 22.5. The molecule has 2 saturated carbocycles. The average Bonchev–Trinajstić information content (AvgIpc) is 2.84. The van der Waals surface area contributed by atoms with E-state index in [4.69, 9.17) is 10.00 Å². The van der Waals surface area contributed by atoms with Crippen LogP contribution in [0, 0.1) is 29.1 Å². The fourth-order valence-corrected chi connectivity index (χ4v) is 4.87. The van der Waals surface area contributed by atoms with Gasteiger partial charge in [0, 0.05) is 13.1 Å². The Hall–Kier alpha value is -3.32. The van der Waals surface area contributed by atoms with Gasteiger partial charge in [0.1, 0.15) is 11.9 Å². The Kier molecular flexibility index (Phi) is 6.75. The summed E-state index contributed by atoms with van der Waals surface area (Å²) < 4.78 is 6.13. The number of amides is 1. The van der Waals surface area contributed by atoms with Gasteiger partial charge in [0.25, 0.3) is 5.91 Å². The van der Waals surface area contributed by atoms with Crippen molar-refractivity contribution < 1.29 is 14.6 Å². The van der Waals surface area contributed by atoms with E-state index >= 15 is 0 Å². The molecule has 2 aromatic rings. The van der Waals surface area contributed by atoms with Crippen LogP contribution in [0.1, 0.15) is 54.7 Å². The van der Waals surface area contributed by atoms with E-state index < -0.39 is 0 Å². The third kappa shape index (κ3) is 4.78. The zero-order valence-corrected chi connectivity index (χ0v) is 18.0. The molecule has 0 aromatic carbocycles. The molecular formula is C22H27N7O3. The first kappa shape index (κ1) is 21.9. The second-order valence-corrected chi connectivity index (χ2v) is 8.37. The summed E-state index contributed by atoms with van der Waals surface area (Å²) in [5.41, 5.74) is 0.319. The number of carbonyl (C=O) groups is 1. The number of aliphatic hydroxyl groups is 1. The lowest BCUT2D eigenvalue weighted by Gasteiger charge is -2.44. The smallest absolute Gasteiger partial charge is 0.275 e. The van der Waals surface area contributed by atoms with Crippen LogP contribution in [-0.2, 0) is 0 Å². The van der Waals surface area contributed by atoms with Crippen LogP contribution in [0.15, 0.2) is 18.5 Å². The number of fused-ring (bicyclic) bond motifs is 1. The van der Waals surface area contributed by atoms with Crippen molar-refractivity contribution in [1.29, 1.82) is 5.26 Å². The summed E-state index contributed by atoms with van der Waals surface area (Å²) in [6, 6.07) is 3.53. The van der Waals surface area contributed by atoms with E-state index in [0.29, 0.717) is 41.7 Å². The van der Waals surface area contributed by atoms with Crippen molar-refractivity contribution in [3.05, 3.63) is 29.8 Å². The second kappa shape index (κ2) is 9.87. The molecule has 4 rings (SSSR count). The van der Waals surface area contributed by atoms with E-state index in [1.165, 1.54) is 32.3 Å². The van der Waals surface area contributed by atoms with E-state index in [1.807, 2.05) is 6.07 Å². The molecule has 2 aromatic heterocycles. The number of aliphatic hydroxyl groups excluding tert-OH is 1. The van der Waals surface area contributed by atoms with E-state index in [2.05, 4.69) is 30.8 Å². The first-order chi connectivity index (χ1) is 15.6. The van der Waals surface area contributed by atoms with E-state index in [9.17, 15) is 9.90 Å². The van der Waals surface area contributed by atoms with Crippen LogP contribution in [-0.4, -0.2) is 50.9 Å². The maximum Gasteiger partial charge on any atom is 0.275 e. The first-order valence-corrected chi connectivity index (χ1v) is 11.0. The van der Waals surface area contributed by atoms with Gasteiger partial charge in [-0.25, -0.2) is 9.97 Å². The molecule has 168 valence electrons. The Bertz CT molecular complexity index is 992. The minimum Gasteiger partial charge on any atom is -0.491 e. The highest BCUT2D eigenvalue weighted by Crippen LogP contribution is 2.44. The van der Waals surface area contributed by atoms with Crippen LogP contribution < -0.4 is 15.4 Å². The Balaban J connectivity index is 1.51. The maximum atomic E-state index is 12.3. The van der Waals surface area contributed by atoms with Gasteiger partial charge in [0.2, 0.25) is 0 Å². The van der Waals surface area contributed by atoms with Gasteiger partial charge in [-0.15, -0.1) is 10.2 Å². The van der Waals surface area contributed by atoms with Gasteiger partial charge < -0.3 is 20.5 Å². The fraction of sp³-hybridized carbons (Fsp3) is 0.545. The number of rotatable bonds is 6. The molecule has 32 heavy (non-hydrogen) atoms. The number of hydrogen-bond acceptors (Lipinski definition) is 9. The topological polar surface area (TPSA) is 146 Å². The van der Waals surface area contributed by atoms with E-state index in [1.54, 1.807) is 6.07 Å².